The number of aromatic nitrogens is 7. The van der Waals surface area contributed by atoms with Crippen LogP contribution in [-0.2, 0) is 19.5 Å². The van der Waals surface area contributed by atoms with E-state index in [0.29, 0.717) is 18.9 Å². The molecule has 0 saturated heterocycles. The first-order valence-electron chi connectivity index (χ1n) is 9.48. The van der Waals surface area contributed by atoms with E-state index in [2.05, 4.69) is 41.9 Å². The van der Waals surface area contributed by atoms with Crippen LogP contribution in [0.5, 0.6) is 0 Å². The molecule has 144 valence electrons. The summed E-state index contributed by atoms with van der Waals surface area (Å²) in [4.78, 5) is 13.6. The van der Waals surface area contributed by atoms with Crippen molar-refractivity contribution >= 4 is 0 Å². The fourth-order valence-electron chi connectivity index (χ4n) is 3.09. The van der Waals surface area contributed by atoms with Gasteiger partial charge in [0.2, 0.25) is 5.89 Å². The van der Waals surface area contributed by atoms with Crippen molar-refractivity contribution in [2.24, 2.45) is 0 Å². The first kappa shape index (κ1) is 18.1. The van der Waals surface area contributed by atoms with Crippen molar-refractivity contribution in [2.45, 2.75) is 46.2 Å². The largest absolute Gasteiger partial charge is 0.339 e. The Hall–Kier alpha value is -3.29. The van der Waals surface area contributed by atoms with Crippen LogP contribution in [0.2, 0.25) is 0 Å². The van der Waals surface area contributed by atoms with E-state index in [1.54, 1.807) is 6.33 Å². The molecule has 4 rings (SSSR count). The van der Waals surface area contributed by atoms with Gasteiger partial charge in [-0.3, -0.25) is 0 Å². The molecular formula is C20H23N7O. The number of aryl methyl sites for hydroxylation is 3. The summed E-state index contributed by atoms with van der Waals surface area (Å²) >= 11 is 0. The van der Waals surface area contributed by atoms with Gasteiger partial charge in [0.05, 0.1) is 12.0 Å². The van der Waals surface area contributed by atoms with E-state index in [4.69, 9.17) is 4.52 Å². The molecule has 0 amide bonds. The number of nitrogens with zero attached hydrogens (tertiary/aromatic N) is 7. The molecule has 0 aliphatic heterocycles. The van der Waals surface area contributed by atoms with E-state index in [1.807, 2.05) is 50.0 Å². The number of hydrogen-bond acceptors (Lipinski definition) is 6. The maximum absolute atomic E-state index is 5.39. The molecule has 0 radical (unpaired) electrons. The highest BCUT2D eigenvalue weighted by Gasteiger charge is 2.20. The van der Waals surface area contributed by atoms with Gasteiger partial charge in [-0.15, -0.1) is 0 Å². The zero-order chi connectivity index (χ0) is 19.5. The van der Waals surface area contributed by atoms with Crippen molar-refractivity contribution in [3.63, 3.8) is 0 Å². The second kappa shape index (κ2) is 7.75. The minimum atomic E-state index is 0.245. The molecule has 8 heteroatoms. The Morgan fingerprint density at radius 3 is 2.64 bits per heavy atom. The van der Waals surface area contributed by atoms with Crippen LogP contribution in [0.3, 0.4) is 0 Å². The lowest BCUT2D eigenvalue weighted by molar-refractivity contribution is 0.365. The average molecular weight is 377 g/mol. The molecule has 0 bridgehead atoms. The third-order valence-electron chi connectivity index (χ3n) is 4.58. The van der Waals surface area contributed by atoms with Crippen LogP contribution >= 0.6 is 0 Å². The monoisotopic (exact) mass is 377 g/mol. The van der Waals surface area contributed by atoms with Crippen LogP contribution in [0, 0.1) is 0 Å². The summed E-state index contributed by atoms with van der Waals surface area (Å²) in [6.07, 6.45) is 4.04. The van der Waals surface area contributed by atoms with E-state index in [0.717, 1.165) is 35.1 Å². The van der Waals surface area contributed by atoms with E-state index >= 15 is 0 Å². The van der Waals surface area contributed by atoms with Crippen LogP contribution < -0.4 is 0 Å². The zero-order valence-electron chi connectivity index (χ0n) is 16.3. The Balaban J connectivity index is 1.70. The molecule has 0 aliphatic rings. The van der Waals surface area contributed by atoms with Crippen molar-refractivity contribution in [1.29, 1.82) is 0 Å². The van der Waals surface area contributed by atoms with Gasteiger partial charge in [0, 0.05) is 31.0 Å². The van der Waals surface area contributed by atoms with Gasteiger partial charge in [-0.05, 0) is 6.92 Å². The highest BCUT2D eigenvalue weighted by molar-refractivity contribution is 5.75. The van der Waals surface area contributed by atoms with Gasteiger partial charge in [0.25, 0.3) is 0 Å². The Bertz CT molecular complexity index is 1050. The molecule has 0 aliphatic carbocycles. The maximum Gasteiger partial charge on any atom is 0.228 e. The molecule has 0 unspecified atom stereocenters. The van der Waals surface area contributed by atoms with Crippen molar-refractivity contribution < 1.29 is 4.52 Å². The summed E-state index contributed by atoms with van der Waals surface area (Å²) < 4.78 is 9.35. The Kier molecular flexibility index (Phi) is 5.01. The highest BCUT2D eigenvalue weighted by atomic mass is 16.5. The van der Waals surface area contributed by atoms with Crippen LogP contribution in [0.1, 0.15) is 38.4 Å². The smallest absolute Gasteiger partial charge is 0.228 e. The first-order chi connectivity index (χ1) is 13.7. The predicted octanol–water partition coefficient (Wildman–Crippen LogP) is 3.58. The first-order valence-corrected chi connectivity index (χ1v) is 9.48. The number of imidazole rings is 1. The minimum Gasteiger partial charge on any atom is -0.339 e. The molecule has 0 N–H and O–H groups in total. The number of hydrogen-bond donors (Lipinski definition) is 0. The summed E-state index contributed by atoms with van der Waals surface area (Å²) in [5.74, 6) is 2.40. The number of rotatable bonds is 7. The fraction of sp³-hybridized carbons (Fsp3) is 0.350. The Morgan fingerprint density at radius 2 is 1.93 bits per heavy atom. The van der Waals surface area contributed by atoms with Gasteiger partial charge >= 0.3 is 0 Å². The fourth-order valence-corrected chi connectivity index (χ4v) is 3.09. The van der Waals surface area contributed by atoms with Gasteiger partial charge in [0.15, 0.2) is 11.6 Å². The summed E-state index contributed by atoms with van der Waals surface area (Å²) in [6, 6.07) is 10.1. The van der Waals surface area contributed by atoms with Crippen LogP contribution in [0.25, 0.3) is 22.8 Å². The zero-order valence-corrected chi connectivity index (χ0v) is 16.3. The molecule has 3 aromatic heterocycles. The summed E-state index contributed by atoms with van der Waals surface area (Å²) in [5.41, 5.74) is 2.87. The van der Waals surface area contributed by atoms with E-state index in [9.17, 15) is 0 Å². The van der Waals surface area contributed by atoms with Gasteiger partial charge in [0.1, 0.15) is 12.0 Å². The van der Waals surface area contributed by atoms with Crippen LogP contribution in [-0.4, -0.2) is 34.5 Å². The second-order valence-corrected chi connectivity index (χ2v) is 6.85. The molecule has 3 heterocycles. The third-order valence-corrected chi connectivity index (χ3v) is 4.58. The van der Waals surface area contributed by atoms with Crippen molar-refractivity contribution in [2.75, 3.05) is 0 Å². The summed E-state index contributed by atoms with van der Waals surface area (Å²) in [7, 11) is 0. The summed E-state index contributed by atoms with van der Waals surface area (Å²) in [5, 5.41) is 8.37. The Labute approximate surface area is 163 Å². The lowest BCUT2D eigenvalue weighted by Crippen LogP contribution is -2.07. The topological polar surface area (TPSA) is 87.5 Å². The molecule has 28 heavy (non-hydrogen) atoms. The van der Waals surface area contributed by atoms with E-state index < -0.39 is 0 Å². The molecular weight excluding hydrogens is 354 g/mol. The van der Waals surface area contributed by atoms with Crippen LogP contribution in [0.15, 0.2) is 47.5 Å². The lowest BCUT2D eigenvalue weighted by Gasteiger charge is -2.10. The summed E-state index contributed by atoms with van der Waals surface area (Å²) in [6.45, 7) is 7.53. The molecule has 1 aromatic carbocycles. The molecule has 0 spiro atoms. The van der Waals surface area contributed by atoms with Gasteiger partial charge in [-0.1, -0.05) is 49.3 Å². The van der Waals surface area contributed by atoms with Crippen molar-refractivity contribution in [3.8, 4) is 22.8 Å². The lowest BCUT2D eigenvalue weighted by atomic mass is 10.1. The van der Waals surface area contributed by atoms with Gasteiger partial charge < -0.3 is 9.09 Å². The van der Waals surface area contributed by atoms with Crippen LogP contribution in [0.4, 0.5) is 0 Å². The molecule has 8 nitrogen and oxygen atoms in total. The van der Waals surface area contributed by atoms with E-state index in [-0.39, 0.29) is 5.92 Å². The third kappa shape index (κ3) is 3.45. The standard InChI is InChI=1S/C20H23N7O/c1-4-27-20(21-12-23-27)18-17(15-8-6-5-7-9-15)22-13-26(18)11-10-16-24-19(14(2)3)25-28-16/h5-9,12-14H,4,10-11H2,1-3H3. The van der Waals surface area contributed by atoms with Crippen molar-refractivity contribution in [1.82, 2.24) is 34.5 Å². The minimum absolute atomic E-state index is 0.245. The normalized spacial score (nSPS) is 11.4. The Morgan fingerprint density at radius 1 is 1.11 bits per heavy atom. The van der Waals surface area contributed by atoms with E-state index in [1.165, 1.54) is 0 Å². The maximum atomic E-state index is 5.39. The average Bonchev–Trinajstić information content (AvgIpc) is 3.45. The SMILES string of the molecule is CCn1ncnc1-c1c(-c2ccccc2)ncn1CCc1nc(C(C)C)no1. The second-order valence-electron chi connectivity index (χ2n) is 6.85. The van der Waals surface area contributed by atoms with Gasteiger partial charge in [-0.2, -0.15) is 10.1 Å². The van der Waals surface area contributed by atoms with Gasteiger partial charge in [-0.25, -0.2) is 14.6 Å². The van der Waals surface area contributed by atoms with Crippen molar-refractivity contribution in [3.05, 3.63) is 54.7 Å². The molecule has 0 saturated carbocycles. The molecule has 0 atom stereocenters. The molecule has 0 fully saturated rings. The predicted molar refractivity (Wildman–Crippen MR) is 104 cm³/mol. The number of benzene rings is 1. The highest BCUT2D eigenvalue weighted by Crippen LogP contribution is 2.30. The molecule has 4 aromatic rings. The quantitative estimate of drug-likeness (QED) is 0.489.